The van der Waals surface area contributed by atoms with Gasteiger partial charge in [0.15, 0.2) is 5.78 Å². The van der Waals surface area contributed by atoms with Crippen LogP contribution in [-0.2, 0) is 6.42 Å². The van der Waals surface area contributed by atoms with Crippen molar-refractivity contribution < 1.29 is 4.79 Å². The van der Waals surface area contributed by atoms with Gasteiger partial charge in [0.2, 0.25) is 5.95 Å². The predicted octanol–water partition coefficient (Wildman–Crippen LogP) is 2.79. The van der Waals surface area contributed by atoms with Crippen molar-refractivity contribution in [1.82, 2.24) is 9.97 Å². The Bertz CT molecular complexity index is 533. The molecule has 1 atom stereocenters. The summed E-state index contributed by atoms with van der Waals surface area (Å²) in [6.07, 6.45) is 3.95. The molecular weight excluding hydrogens is 250 g/mol. The molecule has 0 unspecified atom stereocenters. The number of aryl methyl sites for hydroxylation is 1. The molecule has 1 aromatic rings. The van der Waals surface area contributed by atoms with E-state index in [-0.39, 0.29) is 5.78 Å². The smallest absolute Gasteiger partial charge is 0.225 e. The molecule has 2 heterocycles. The number of carbonyl (C=O) groups excluding carboxylic acids is 1. The van der Waals surface area contributed by atoms with Crippen molar-refractivity contribution in [2.45, 2.75) is 46.5 Å². The summed E-state index contributed by atoms with van der Waals surface area (Å²) in [7, 11) is 0. The summed E-state index contributed by atoms with van der Waals surface area (Å²) >= 11 is 0. The Morgan fingerprint density at radius 3 is 2.45 bits per heavy atom. The molecule has 0 bridgehead atoms. The number of piperidine rings is 1. The number of fused-ring (bicyclic) bond motifs is 1. The second-order valence-electron chi connectivity index (χ2n) is 6.54. The average molecular weight is 273 g/mol. The standard InChI is InChI=1S/C16H23N3O/c1-10-4-6-19(7-5-10)16-17-12(3)15-13(18-16)8-11(2)9-14(15)20/h10-11H,4-9H2,1-3H3/t11-/m0/s1. The zero-order valence-corrected chi connectivity index (χ0v) is 12.6. The molecule has 2 aliphatic rings. The van der Waals surface area contributed by atoms with Crippen LogP contribution < -0.4 is 4.90 Å². The van der Waals surface area contributed by atoms with Crippen molar-refractivity contribution in [3.63, 3.8) is 0 Å². The quantitative estimate of drug-likeness (QED) is 0.789. The molecule has 1 aromatic heterocycles. The van der Waals surface area contributed by atoms with E-state index >= 15 is 0 Å². The topological polar surface area (TPSA) is 46.1 Å². The first-order valence-electron chi connectivity index (χ1n) is 7.70. The van der Waals surface area contributed by atoms with E-state index < -0.39 is 0 Å². The van der Waals surface area contributed by atoms with Crippen molar-refractivity contribution in [3.8, 4) is 0 Å². The summed E-state index contributed by atoms with van der Waals surface area (Å²) in [6, 6.07) is 0. The zero-order valence-electron chi connectivity index (χ0n) is 12.6. The maximum absolute atomic E-state index is 12.2. The number of hydrogen-bond donors (Lipinski definition) is 0. The summed E-state index contributed by atoms with van der Waals surface area (Å²) in [6.45, 7) is 8.44. The molecule has 4 heteroatoms. The Hall–Kier alpha value is -1.45. The van der Waals surface area contributed by atoms with Crippen LogP contribution in [0.5, 0.6) is 0 Å². The molecule has 0 spiro atoms. The fraction of sp³-hybridized carbons (Fsp3) is 0.688. The van der Waals surface area contributed by atoms with Gasteiger partial charge in [-0.1, -0.05) is 13.8 Å². The number of rotatable bonds is 1. The van der Waals surface area contributed by atoms with Crippen LogP contribution in [0.4, 0.5) is 5.95 Å². The third kappa shape index (κ3) is 2.43. The van der Waals surface area contributed by atoms with Gasteiger partial charge in [0.05, 0.1) is 17.0 Å². The largest absolute Gasteiger partial charge is 0.341 e. The van der Waals surface area contributed by atoms with Gasteiger partial charge in [-0.3, -0.25) is 4.79 Å². The Morgan fingerprint density at radius 2 is 1.75 bits per heavy atom. The lowest BCUT2D eigenvalue weighted by Gasteiger charge is -2.31. The molecule has 1 aliphatic carbocycles. The molecule has 1 fully saturated rings. The Labute approximate surface area is 120 Å². The number of nitrogens with zero attached hydrogens (tertiary/aromatic N) is 3. The number of carbonyl (C=O) groups is 1. The first-order chi connectivity index (χ1) is 9.54. The van der Waals surface area contributed by atoms with Gasteiger partial charge < -0.3 is 4.90 Å². The normalized spacial score (nSPS) is 23.9. The SMILES string of the molecule is Cc1nc(N2CCC(C)CC2)nc2c1C(=O)C[C@@H](C)C2. The van der Waals surface area contributed by atoms with E-state index in [2.05, 4.69) is 23.7 Å². The van der Waals surface area contributed by atoms with E-state index in [4.69, 9.17) is 4.98 Å². The third-order valence-electron chi connectivity index (χ3n) is 4.57. The number of anilines is 1. The van der Waals surface area contributed by atoms with Gasteiger partial charge in [-0.2, -0.15) is 0 Å². The lowest BCUT2D eigenvalue weighted by molar-refractivity contribution is 0.0951. The van der Waals surface area contributed by atoms with Crippen LogP contribution in [-0.4, -0.2) is 28.8 Å². The van der Waals surface area contributed by atoms with E-state index in [0.717, 1.165) is 48.3 Å². The van der Waals surface area contributed by atoms with Gasteiger partial charge in [0, 0.05) is 19.5 Å². The van der Waals surface area contributed by atoms with E-state index in [1.165, 1.54) is 12.8 Å². The molecule has 108 valence electrons. The first-order valence-corrected chi connectivity index (χ1v) is 7.70. The molecule has 4 nitrogen and oxygen atoms in total. The van der Waals surface area contributed by atoms with Crippen molar-refractivity contribution in [1.29, 1.82) is 0 Å². The third-order valence-corrected chi connectivity index (χ3v) is 4.57. The molecule has 0 amide bonds. The van der Waals surface area contributed by atoms with E-state index in [0.29, 0.717) is 12.3 Å². The van der Waals surface area contributed by atoms with Crippen molar-refractivity contribution in [3.05, 3.63) is 17.0 Å². The number of aromatic nitrogens is 2. The van der Waals surface area contributed by atoms with Crippen LogP contribution in [0.3, 0.4) is 0 Å². The van der Waals surface area contributed by atoms with Crippen LogP contribution >= 0.6 is 0 Å². The molecule has 0 aromatic carbocycles. The Balaban J connectivity index is 1.93. The Kier molecular flexibility index (Phi) is 3.48. The number of hydrogen-bond acceptors (Lipinski definition) is 4. The average Bonchev–Trinajstić information content (AvgIpc) is 2.38. The minimum absolute atomic E-state index is 0.218. The first kappa shape index (κ1) is 13.5. The second-order valence-corrected chi connectivity index (χ2v) is 6.54. The minimum Gasteiger partial charge on any atom is -0.341 e. The summed E-state index contributed by atoms with van der Waals surface area (Å²) < 4.78 is 0. The minimum atomic E-state index is 0.218. The van der Waals surface area contributed by atoms with Crippen LogP contribution in [0.25, 0.3) is 0 Å². The van der Waals surface area contributed by atoms with Gasteiger partial charge in [0.1, 0.15) is 0 Å². The summed E-state index contributed by atoms with van der Waals surface area (Å²) in [4.78, 5) is 23.8. The van der Waals surface area contributed by atoms with E-state index in [1.807, 2.05) is 6.92 Å². The highest BCUT2D eigenvalue weighted by Gasteiger charge is 2.28. The van der Waals surface area contributed by atoms with Gasteiger partial charge >= 0.3 is 0 Å². The second kappa shape index (κ2) is 5.15. The fourth-order valence-electron chi connectivity index (χ4n) is 3.30. The molecule has 1 aliphatic heterocycles. The van der Waals surface area contributed by atoms with Crippen molar-refractivity contribution >= 4 is 11.7 Å². The highest BCUT2D eigenvalue weighted by Crippen LogP contribution is 2.28. The number of ketones is 1. The van der Waals surface area contributed by atoms with Crippen LogP contribution in [0.1, 0.15) is 54.9 Å². The van der Waals surface area contributed by atoms with Crippen molar-refractivity contribution in [2.75, 3.05) is 18.0 Å². The highest BCUT2D eigenvalue weighted by molar-refractivity contribution is 5.99. The van der Waals surface area contributed by atoms with Crippen molar-refractivity contribution in [2.24, 2.45) is 11.8 Å². The van der Waals surface area contributed by atoms with E-state index in [9.17, 15) is 4.79 Å². The maximum atomic E-state index is 12.2. The van der Waals surface area contributed by atoms with Crippen LogP contribution in [0, 0.1) is 18.8 Å². The van der Waals surface area contributed by atoms with Gasteiger partial charge in [-0.25, -0.2) is 9.97 Å². The molecule has 1 saturated heterocycles. The Morgan fingerprint density at radius 1 is 1.05 bits per heavy atom. The van der Waals surface area contributed by atoms with Gasteiger partial charge in [-0.15, -0.1) is 0 Å². The zero-order chi connectivity index (χ0) is 14.3. The highest BCUT2D eigenvalue weighted by atomic mass is 16.1. The number of Topliss-reactive ketones (excluding diaryl/α,β-unsaturated/α-hetero) is 1. The lowest BCUT2D eigenvalue weighted by Crippen LogP contribution is -2.35. The molecule has 0 saturated carbocycles. The van der Waals surface area contributed by atoms with E-state index in [1.54, 1.807) is 0 Å². The summed E-state index contributed by atoms with van der Waals surface area (Å²) in [5.74, 6) is 2.25. The summed E-state index contributed by atoms with van der Waals surface area (Å²) in [5, 5.41) is 0. The van der Waals surface area contributed by atoms with Gasteiger partial charge in [0.25, 0.3) is 0 Å². The fourth-order valence-corrected chi connectivity index (χ4v) is 3.30. The monoisotopic (exact) mass is 273 g/mol. The van der Waals surface area contributed by atoms with Crippen LogP contribution in [0.2, 0.25) is 0 Å². The van der Waals surface area contributed by atoms with Crippen LogP contribution in [0.15, 0.2) is 0 Å². The molecule has 20 heavy (non-hydrogen) atoms. The lowest BCUT2D eigenvalue weighted by atomic mass is 9.86. The molecule has 0 radical (unpaired) electrons. The van der Waals surface area contributed by atoms with Gasteiger partial charge in [-0.05, 0) is 38.0 Å². The molecule has 3 rings (SSSR count). The molecule has 0 N–H and O–H groups in total. The molecular formula is C16H23N3O. The summed E-state index contributed by atoms with van der Waals surface area (Å²) in [5.41, 5.74) is 2.62. The predicted molar refractivity (Wildman–Crippen MR) is 79.2 cm³/mol. The maximum Gasteiger partial charge on any atom is 0.225 e.